The van der Waals surface area contributed by atoms with Gasteiger partial charge in [-0.15, -0.1) is 0 Å². The van der Waals surface area contributed by atoms with Crippen LogP contribution >= 0.6 is 11.6 Å². The number of halogens is 1. The van der Waals surface area contributed by atoms with Gasteiger partial charge in [-0.1, -0.05) is 17.7 Å². The van der Waals surface area contributed by atoms with Gasteiger partial charge in [0.15, 0.2) is 0 Å². The predicted octanol–water partition coefficient (Wildman–Crippen LogP) is 3.36. The van der Waals surface area contributed by atoms with Crippen molar-refractivity contribution in [1.29, 1.82) is 0 Å². The monoisotopic (exact) mass is 209 g/mol. The Morgan fingerprint density at radius 3 is 3.00 bits per heavy atom. The van der Waals surface area contributed by atoms with E-state index in [1.807, 2.05) is 25.1 Å². The third-order valence-electron chi connectivity index (χ3n) is 2.10. The summed E-state index contributed by atoms with van der Waals surface area (Å²) in [5, 5.41) is 1.92. The van der Waals surface area contributed by atoms with E-state index in [1.165, 1.54) is 5.39 Å². The van der Waals surface area contributed by atoms with Crippen LogP contribution in [-0.4, -0.2) is 11.6 Å². The SMILES string of the molecule is CCOCc1cc2ccc(Cl)cc2[nH]1. The van der Waals surface area contributed by atoms with Crippen LogP contribution in [0.4, 0.5) is 0 Å². The molecule has 0 saturated carbocycles. The van der Waals surface area contributed by atoms with Gasteiger partial charge in [0.1, 0.15) is 0 Å². The number of ether oxygens (including phenoxy) is 1. The lowest BCUT2D eigenvalue weighted by atomic mass is 10.2. The number of H-pyrrole nitrogens is 1. The molecule has 0 amide bonds. The Balaban J connectivity index is 2.32. The molecule has 14 heavy (non-hydrogen) atoms. The van der Waals surface area contributed by atoms with Crippen LogP contribution in [0.2, 0.25) is 5.02 Å². The second-order valence-corrected chi connectivity index (χ2v) is 3.60. The topological polar surface area (TPSA) is 25.0 Å². The number of rotatable bonds is 3. The minimum Gasteiger partial charge on any atom is -0.376 e. The minimum absolute atomic E-state index is 0.628. The smallest absolute Gasteiger partial charge is 0.0865 e. The number of hydrogen-bond acceptors (Lipinski definition) is 1. The molecule has 0 atom stereocenters. The van der Waals surface area contributed by atoms with Gasteiger partial charge in [-0.25, -0.2) is 0 Å². The normalized spacial score (nSPS) is 11.0. The number of benzene rings is 1. The molecule has 1 heterocycles. The minimum atomic E-state index is 0.628. The van der Waals surface area contributed by atoms with Gasteiger partial charge in [0, 0.05) is 22.8 Å². The van der Waals surface area contributed by atoms with E-state index in [-0.39, 0.29) is 0 Å². The molecule has 0 fully saturated rings. The van der Waals surface area contributed by atoms with Crippen LogP contribution < -0.4 is 0 Å². The first-order chi connectivity index (χ1) is 6.79. The van der Waals surface area contributed by atoms with Crippen molar-refractivity contribution in [2.24, 2.45) is 0 Å². The number of nitrogens with one attached hydrogen (secondary N) is 1. The summed E-state index contributed by atoms with van der Waals surface area (Å²) in [6, 6.07) is 7.90. The highest BCUT2D eigenvalue weighted by Gasteiger charge is 2.00. The fraction of sp³-hybridized carbons (Fsp3) is 0.273. The first kappa shape index (κ1) is 9.56. The Bertz CT molecular complexity index is 436. The third kappa shape index (κ3) is 1.91. The Kier molecular flexibility index (Phi) is 2.75. The molecule has 1 aromatic carbocycles. The van der Waals surface area contributed by atoms with Crippen molar-refractivity contribution in [3.05, 3.63) is 35.0 Å². The zero-order valence-electron chi connectivity index (χ0n) is 8.01. The summed E-state index contributed by atoms with van der Waals surface area (Å²) in [6.45, 7) is 3.35. The van der Waals surface area contributed by atoms with E-state index in [1.54, 1.807) is 0 Å². The Hall–Kier alpha value is -0.990. The lowest BCUT2D eigenvalue weighted by Gasteiger charge is -1.95. The van der Waals surface area contributed by atoms with Crippen molar-refractivity contribution < 1.29 is 4.74 Å². The fourth-order valence-electron chi connectivity index (χ4n) is 1.45. The average molecular weight is 210 g/mol. The summed E-state index contributed by atoms with van der Waals surface area (Å²) >= 11 is 5.88. The van der Waals surface area contributed by atoms with Crippen LogP contribution in [-0.2, 0) is 11.3 Å². The van der Waals surface area contributed by atoms with E-state index in [2.05, 4.69) is 11.1 Å². The van der Waals surface area contributed by atoms with Gasteiger partial charge in [0.05, 0.1) is 6.61 Å². The van der Waals surface area contributed by atoms with Gasteiger partial charge in [0.25, 0.3) is 0 Å². The Labute approximate surface area is 87.8 Å². The number of aromatic amines is 1. The van der Waals surface area contributed by atoms with Crippen molar-refractivity contribution in [3.8, 4) is 0 Å². The second-order valence-electron chi connectivity index (χ2n) is 3.16. The van der Waals surface area contributed by atoms with Gasteiger partial charge in [-0.2, -0.15) is 0 Å². The molecule has 2 aromatic rings. The number of hydrogen-bond donors (Lipinski definition) is 1. The van der Waals surface area contributed by atoms with Crippen LogP contribution in [0.15, 0.2) is 24.3 Å². The molecule has 0 spiro atoms. The van der Waals surface area contributed by atoms with Crippen LogP contribution in [0.5, 0.6) is 0 Å². The summed E-state index contributed by atoms with van der Waals surface area (Å²) in [4.78, 5) is 3.26. The summed E-state index contributed by atoms with van der Waals surface area (Å²) in [5.74, 6) is 0. The van der Waals surface area contributed by atoms with Crippen LogP contribution in [0, 0.1) is 0 Å². The summed E-state index contributed by atoms with van der Waals surface area (Å²) in [7, 11) is 0. The maximum absolute atomic E-state index is 5.88. The number of fused-ring (bicyclic) bond motifs is 1. The average Bonchev–Trinajstić information content (AvgIpc) is 2.56. The summed E-state index contributed by atoms with van der Waals surface area (Å²) < 4.78 is 5.32. The standard InChI is InChI=1S/C11H12ClNO/c1-2-14-7-10-5-8-3-4-9(12)6-11(8)13-10/h3-6,13H,2,7H2,1H3. The highest BCUT2D eigenvalue weighted by molar-refractivity contribution is 6.31. The van der Waals surface area contributed by atoms with Gasteiger partial charge >= 0.3 is 0 Å². The highest BCUT2D eigenvalue weighted by atomic mass is 35.5. The largest absolute Gasteiger partial charge is 0.376 e. The lowest BCUT2D eigenvalue weighted by molar-refractivity contribution is 0.132. The van der Waals surface area contributed by atoms with E-state index in [0.717, 1.165) is 22.8 Å². The van der Waals surface area contributed by atoms with Gasteiger partial charge < -0.3 is 9.72 Å². The van der Waals surface area contributed by atoms with E-state index < -0.39 is 0 Å². The zero-order valence-corrected chi connectivity index (χ0v) is 8.77. The molecule has 0 aliphatic rings. The van der Waals surface area contributed by atoms with E-state index in [0.29, 0.717) is 6.61 Å². The Morgan fingerprint density at radius 2 is 2.21 bits per heavy atom. The van der Waals surface area contributed by atoms with Crippen molar-refractivity contribution in [2.45, 2.75) is 13.5 Å². The molecular formula is C11H12ClNO. The van der Waals surface area contributed by atoms with Crippen molar-refractivity contribution >= 4 is 22.5 Å². The quantitative estimate of drug-likeness (QED) is 0.824. The third-order valence-corrected chi connectivity index (χ3v) is 2.34. The molecule has 74 valence electrons. The van der Waals surface area contributed by atoms with E-state index >= 15 is 0 Å². The van der Waals surface area contributed by atoms with Gasteiger partial charge in [-0.05, 0) is 30.5 Å². The zero-order chi connectivity index (χ0) is 9.97. The first-order valence-electron chi connectivity index (χ1n) is 4.64. The Morgan fingerprint density at radius 1 is 1.36 bits per heavy atom. The van der Waals surface area contributed by atoms with Crippen LogP contribution in [0.1, 0.15) is 12.6 Å². The molecule has 0 aliphatic heterocycles. The summed E-state index contributed by atoms with van der Waals surface area (Å²) in [5.41, 5.74) is 2.15. The molecule has 0 radical (unpaired) electrons. The summed E-state index contributed by atoms with van der Waals surface area (Å²) in [6.07, 6.45) is 0. The van der Waals surface area contributed by atoms with Gasteiger partial charge in [-0.3, -0.25) is 0 Å². The van der Waals surface area contributed by atoms with E-state index in [4.69, 9.17) is 16.3 Å². The molecule has 2 rings (SSSR count). The maximum Gasteiger partial charge on any atom is 0.0865 e. The molecule has 0 aliphatic carbocycles. The van der Waals surface area contributed by atoms with E-state index in [9.17, 15) is 0 Å². The second kappa shape index (κ2) is 4.03. The van der Waals surface area contributed by atoms with Gasteiger partial charge in [0.2, 0.25) is 0 Å². The molecule has 1 aromatic heterocycles. The first-order valence-corrected chi connectivity index (χ1v) is 5.02. The molecule has 2 nitrogen and oxygen atoms in total. The lowest BCUT2D eigenvalue weighted by Crippen LogP contribution is -1.90. The predicted molar refractivity (Wildman–Crippen MR) is 58.6 cm³/mol. The van der Waals surface area contributed by atoms with Crippen molar-refractivity contribution in [2.75, 3.05) is 6.61 Å². The molecule has 3 heteroatoms. The molecule has 0 unspecified atom stereocenters. The van der Waals surface area contributed by atoms with Crippen LogP contribution in [0.25, 0.3) is 10.9 Å². The molecule has 0 bridgehead atoms. The molecule has 1 N–H and O–H groups in total. The van der Waals surface area contributed by atoms with Crippen LogP contribution in [0.3, 0.4) is 0 Å². The molecule has 0 saturated heterocycles. The highest BCUT2D eigenvalue weighted by Crippen LogP contribution is 2.20. The van der Waals surface area contributed by atoms with Crippen molar-refractivity contribution in [3.63, 3.8) is 0 Å². The fourth-order valence-corrected chi connectivity index (χ4v) is 1.62. The number of aromatic nitrogens is 1. The van der Waals surface area contributed by atoms with Crippen molar-refractivity contribution in [1.82, 2.24) is 4.98 Å². The molecular weight excluding hydrogens is 198 g/mol. The maximum atomic E-state index is 5.88.